The number of methoxy groups -OCH3 is 1. The van der Waals surface area contributed by atoms with Crippen LogP contribution in [-0.4, -0.2) is 99.8 Å². The molecule has 248 valence electrons. The summed E-state index contributed by atoms with van der Waals surface area (Å²) < 4.78 is 22.3. The molecule has 0 radical (unpaired) electrons. The van der Waals surface area contributed by atoms with Crippen LogP contribution in [0.4, 0.5) is 14.4 Å². The average molecular weight is 639 g/mol. The molecule has 2 aliphatic heterocycles. The van der Waals surface area contributed by atoms with Gasteiger partial charge in [0.25, 0.3) is 0 Å². The number of hydrogen-bond donors (Lipinski definition) is 2. The number of benzene rings is 1. The van der Waals surface area contributed by atoms with Gasteiger partial charge in [0.2, 0.25) is 0 Å². The van der Waals surface area contributed by atoms with Crippen molar-refractivity contribution in [1.29, 1.82) is 0 Å². The zero-order chi connectivity index (χ0) is 32.3. The van der Waals surface area contributed by atoms with E-state index in [1.54, 1.807) is 11.9 Å². The third-order valence-corrected chi connectivity index (χ3v) is 8.39. The number of alkyl carbamates (subject to hydrolysis) is 1. The van der Waals surface area contributed by atoms with Crippen molar-refractivity contribution < 1.29 is 33.3 Å². The van der Waals surface area contributed by atoms with Crippen LogP contribution in [0.5, 0.6) is 0 Å². The number of piperidine rings is 1. The molecule has 44 heavy (non-hydrogen) atoms. The lowest BCUT2D eigenvalue weighted by atomic mass is 9.86. The van der Waals surface area contributed by atoms with E-state index in [0.29, 0.717) is 43.6 Å². The Morgan fingerprint density at radius 1 is 1.18 bits per heavy atom. The molecular formula is C32H51ClN4O7. The minimum absolute atomic E-state index is 0.0180. The lowest BCUT2D eigenvalue weighted by Crippen LogP contribution is -2.52. The second kappa shape index (κ2) is 17.1. The topological polar surface area (TPSA) is 119 Å². The Balaban J connectivity index is 1.68. The van der Waals surface area contributed by atoms with E-state index < -0.39 is 17.8 Å². The Labute approximate surface area is 267 Å². The lowest BCUT2D eigenvalue weighted by molar-refractivity contribution is -0.00912. The van der Waals surface area contributed by atoms with Crippen LogP contribution in [0.15, 0.2) is 18.2 Å². The summed E-state index contributed by atoms with van der Waals surface area (Å²) in [6, 6.07) is 5.31. The SMILES string of the molecule is COC(=O)NCCOC(c1cc(Cl)ccc1C)[C@@H]1CCCN(C(=O)NC[C@@H](C[C@H]2CCCOC2)N(C)C(=O)OC(C)(C)C)C1. The van der Waals surface area contributed by atoms with Crippen molar-refractivity contribution in [3.8, 4) is 0 Å². The smallest absolute Gasteiger partial charge is 0.410 e. The maximum Gasteiger partial charge on any atom is 0.410 e. The highest BCUT2D eigenvalue weighted by Gasteiger charge is 2.33. The van der Waals surface area contributed by atoms with Gasteiger partial charge in [0.1, 0.15) is 5.60 Å². The van der Waals surface area contributed by atoms with Gasteiger partial charge >= 0.3 is 18.2 Å². The Bertz CT molecular complexity index is 1090. The van der Waals surface area contributed by atoms with Crippen molar-refractivity contribution >= 4 is 29.8 Å². The quantitative estimate of drug-likeness (QED) is 0.306. The molecule has 1 aromatic carbocycles. The summed E-state index contributed by atoms with van der Waals surface area (Å²) in [6.07, 6.45) is 3.17. The van der Waals surface area contributed by atoms with Crippen LogP contribution in [0.3, 0.4) is 0 Å². The van der Waals surface area contributed by atoms with Crippen molar-refractivity contribution in [2.75, 3.05) is 60.2 Å². The van der Waals surface area contributed by atoms with E-state index in [0.717, 1.165) is 43.4 Å². The summed E-state index contributed by atoms with van der Waals surface area (Å²) in [6.45, 7) is 10.9. The average Bonchev–Trinajstić information content (AvgIpc) is 2.99. The summed E-state index contributed by atoms with van der Waals surface area (Å²) in [5, 5.41) is 6.37. The van der Waals surface area contributed by atoms with Gasteiger partial charge in [-0.05, 0) is 89.0 Å². The van der Waals surface area contributed by atoms with E-state index in [-0.39, 0.29) is 37.2 Å². The van der Waals surface area contributed by atoms with E-state index in [1.807, 2.05) is 50.8 Å². The minimum atomic E-state index is -0.620. The summed E-state index contributed by atoms with van der Waals surface area (Å²) in [5.74, 6) is 0.326. The van der Waals surface area contributed by atoms with Crippen molar-refractivity contribution in [1.82, 2.24) is 20.4 Å². The zero-order valence-corrected chi connectivity index (χ0v) is 27.9. The summed E-state index contributed by atoms with van der Waals surface area (Å²) in [5.41, 5.74) is 1.39. The van der Waals surface area contributed by atoms with Crippen LogP contribution < -0.4 is 10.6 Å². The summed E-state index contributed by atoms with van der Waals surface area (Å²) in [7, 11) is 3.05. The Morgan fingerprint density at radius 3 is 2.64 bits per heavy atom. The number of hydrogen-bond acceptors (Lipinski definition) is 7. The Morgan fingerprint density at radius 2 is 1.95 bits per heavy atom. The molecule has 2 N–H and O–H groups in total. The molecular weight excluding hydrogens is 588 g/mol. The first-order valence-corrected chi connectivity index (χ1v) is 16.0. The van der Waals surface area contributed by atoms with Gasteiger partial charge in [-0.15, -0.1) is 0 Å². The summed E-state index contributed by atoms with van der Waals surface area (Å²) in [4.78, 5) is 41.4. The molecule has 1 aromatic rings. The second-order valence-corrected chi connectivity index (χ2v) is 13.2. The molecule has 0 spiro atoms. The lowest BCUT2D eigenvalue weighted by Gasteiger charge is -2.38. The Hall–Kier alpha value is -2.76. The van der Waals surface area contributed by atoms with Crippen LogP contribution in [0.25, 0.3) is 0 Å². The fourth-order valence-electron chi connectivity index (χ4n) is 5.81. The highest BCUT2D eigenvalue weighted by molar-refractivity contribution is 6.30. The molecule has 4 amide bonds. The molecule has 2 heterocycles. The van der Waals surface area contributed by atoms with Crippen LogP contribution in [0.2, 0.25) is 5.02 Å². The normalized spacial score (nSPS) is 20.3. The van der Waals surface area contributed by atoms with Crippen LogP contribution in [-0.2, 0) is 18.9 Å². The molecule has 0 aromatic heterocycles. The first-order chi connectivity index (χ1) is 20.9. The minimum Gasteiger partial charge on any atom is -0.453 e. The number of likely N-dealkylation sites (N-methyl/N-ethyl adjacent to an activating group) is 1. The predicted octanol–water partition coefficient (Wildman–Crippen LogP) is 5.54. The Kier molecular flexibility index (Phi) is 13.9. The van der Waals surface area contributed by atoms with Crippen LogP contribution >= 0.6 is 11.6 Å². The van der Waals surface area contributed by atoms with E-state index >= 15 is 0 Å². The first kappa shape index (κ1) is 35.7. The number of nitrogens with one attached hydrogen (secondary N) is 2. The number of carbonyl (C=O) groups is 3. The van der Waals surface area contributed by atoms with Gasteiger partial charge in [-0.25, -0.2) is 14.4 Å². The molecule has 2 saturated heterocycles. The zero-order valence-electron chi connectivity index (χ0n) is 27.2. The fraction of sp³-hybridized carbons (Fsp3) is 0.719. The number of rotatable bonds is 11. The number of urea groups is 1. The largest absolute Gasteiger partial charge is 0.453 e. The standard InChI is InChI=1S/C32H51ClN4O7/c1-22-11-12-25(33)18-27(22)28(43-16-13-34-30(39)41-6)24-10-7-14-37(20-24)29(38)35-19-26(17-23-9-8-15-42-21-23)36(5)31(40)44-32(2,3)4/h11-12,18,23-24,26,28H,7-10,13-17,19-21H2,1-6H3,(H,34,39)(H,35,38)/t23-,24-,26-,28?/m1/s1. The maximum atomic E-state index is 13.5. The molecule has 11 nitrogen and oxygen atoms in total. The second-order valence-electron chi connectivity index (χ2n) is 12.8. The highest BCUT2D eigenvalue weighted by atomic mass is 35.5. The van der Waals surface area contributed by atoms with Crippen molar-refractivity contribution in [3.05, 3.63) is 34.3 Å². The van der Waals surface area contributed by atoms with Crippen LogP contribution in [0.1, 0.15) is 70.1 Å². The molecule has 0 aliphatic carbocycles. The fourth-order valence-corrected chi connectivity index (χ4v) is 5.99. The number of amides is 4. The van der Waals surface area contributed by atoms with Gasteiger partial charge in [-0.1, -0.05) is 17.7 Å². The van der Waals surface area contributed by atoms with E-state index in [4.69, 9.17) is 25.8 Å². The number of carbonyl (C=O) groups excluding carboxylic acids is 3. The van der Waals surface area contributed by atoms with E-state index in [2.05, 4.69) is 15.4 Å². The molecule has 0 bridgehead atoms. The number of likely N-dealkylation sites (tertiary alicyclic amines) is 1. The third-order valence-electron chi connectivity index (χ3n) is 8.15. The molecule has 2 fully saturated rings. The molecule has 1 unspecified atom stereocenters. The number of ether oxygens (including phenoxy) is 4. The van der Waals surface area contributed by atoms with Gasteiger partial charge in [0.05, 0.1) is 25.9 Å². The number of halogens is 1. The first-order valence-electron chi connectivity index (χ1n) is 15.6. The van der Waals surface area contributed by atoms with E-state index in [9.17, 15) is 14.4 Å². The highest BCUT2D eigenvalue weighted by Crippen LogP contribution is 2.35. The van der Waals surface area contributed by atoms with Crippen molar-refractivity contribution in [2.45, 2.75) is 77.5 Å². The summed E-state index contributed by atoms with van der Waals surface area (Å²) >= 11 is 6.38. The molecule has 0 saturated carbocycles. The number of aryl methyl sites for hydroxylation is 1. The third kappa shape index (κ3) is 11.3. The van der Waals surface area contributed by atoms with Crippen molar-refractivity contribution in [3.63, 3.8) is 0 Å². The van der Waals surface area contributed by atoms with Gasteiger partial charge in [0, 0.05) is 57.4 Å². The molecule has 3 rings (SSSR count). The maximum absolute atomic E-state index is 13.5. The van der Waals surface area contributed by atoms with E-state index in [1.165, 1.54) is 7.11 Å². The molecule has 4 atom stereocenters. The molecule has 12 heteroatoms. The monoisotopic (exact) mass is 638 g/mol. The van der Waals surface area contributed by atoms with Gasteiger partial charge in [0.15, 0.2) is 0 Å². The van der Waals surface area contributed by atoms with Crippen molar-refractivity contribution in [2.24, 2.45) is 11.8 Å². The van der Waals surface area contributed by atoms with Crippen LogP contribution in [0, 0.1) is 18.8 Å². The number of nitrogens with zero attached hydrogens (tertiary/aromatic N) is 2. The van der Waals surface area contributed by atoms with Gasteiger partial charge < -0.3 is 39.4 Å². The molecule has 2 aliphatic rings. The predicted molar refractivity (Wildman–Crippen MR) is 169 cm³/mol. The van der Waals surface area contributed by atoms with Gasteiger partial charge in [-0.2, -0.15) is 0 Å². The van der Waals surface area contributed by atoms with Gasteiger partial charge in [-0.3, -0.25) is 0 Å².